The van der Waals surface area contributed by atoms with Crippen molar-refractivity contribution in [2.45, 2.75) is 13.2 Å². The van der Waals surface area contributed by atoms with Crippen LogP contribution in [-0.2, 0) is 6.54 Å². The molecule has 0 aliphatic rings. The highest BCUT2D eigenvalue weighted by molar-refractivity contribution is 6.32. The standard InChI is InChI=1S/C14H11Cl2F2N3O2/c15-11-5-9(6-12(16)21-11)20-14(22)19-7-8-1-3-10(4-2-8)23-13(17)18/h1-6,13H,7H2,(H2,19,20,21,22). The van der Waals surface area contributed by atoms with Crippen molar-refractivity contribution >= 4 is 34.9 Å². The summed E-state index contributed by atoms with van der Waals surface area (Å²) in [4.78, 5) is 15.5. The predicted molar refractivity (Wildman–Crippen MR) is 83.2 cm³/mol. The maximum absolute atomic E-state index is 12.0. The molecular weight excluding hydrogens is 351 g/mol. The summed E-state index contributed by atoms with van der Waals surface area (Å²) in [6.07, 6.45) is 0. The maximum atomic E-state index is 12.0. The number of benzene rings is 1. The van der Waals surface area contributed by atoms with E-state index in [1.807, 2.05) is 0 Å². The van der Waals surface area contributed by atoms with Crippen LogP contribution in [0.5, 0.6) is 5.75 Å². The molecule has 1 heterocycles. The highest BCUT2D eigenvalue weighted by atomic mass is 35.5. The third-order valence-corrected chi connectivity index (χ3v) is 3.01. The van der Waals surface area contributed by atoms with Gasteiger partial charge in [-0.3, -0.25) is 0 Å². The molecule has 0 saturated carbocycles. The van der Waals surface area contributed by atoms with E-state index in [0.29, 0.717) is 11.3 Å². The molecule has 0 unspecified atom stereocenters. The molecular formula is C14H11Cl2F2N3O2. The Kier molecular flexibility index (Phi) is 5.95. The number of nitrogens with zero attached hydrogens (tertiary/aromatic N) is 1. The number of urea groups is 1. The van der Waals surface area contributed by atoms with E-state index in [1.54, 1.807) is 12.1 Å². The average Bonchev–Trinajstić information content (AvgIpc) is 2.45. The number of hydrogen-bond donors (Lipinski definition) is 2. The van der Waals surface area contributed by atoms with E-state index in [0.717, 1.165) is 0 Å². The van der Waals surface area contributed by atoms with Crippen molar-refractivity contribution in [2.75, 3.05) is 5.32 Å². The molecule has 2 rings (SSSR count). The van der Waals surface area contributed by atoms with Crippen molar-refractivity contribution in [3.8, 4) is 5.75 Å². The molecule has 0 saturated heterocycles. The lowest BCUT2D eigenvalue weighted by molar-refractivity contribution is -0.0498. The number of pyridine rings is 1. The minimum atomic E-state index is -2.87. The van der Waals surface area contributed by atoms with Crippen molar-refractivity contribution in [1.29, 1.82) is 0 Å². The lowest BCUT2D eigenvalue weighted by Gasteiger charge is -2.09. The normalized spacial score (nSPS) is 10.5. The monoisotopic (exact) mass is 361 g/mol. The van der Waals surface area contributed by atoms with Crippen LogP contribution in [0.4, 0.5) is 19.3 Å². The van der Waals surface area contributed by atoms with E-state index < -0.39 is 12.6 Å². The molecule has 1 aromatic heterocycles. The average molecular weight is 362 g/mol. The van der Waals surface area contributed by atoms with E-state index >= 15 is 0 Å². The molecule has 5 nitrogen and oxygen atoms in total. The molecule has 0 bridgehead atoms. The van der Waals surface area contributed by atoms with Crippen LogP contribution in [0.15, 0.2) is 36.4 Å². The Morgan fingerprint density at radius 1 is 1.17 bits per heavy atom. The molecule has 0 aliphatic carbocycles. The summed E-state index contributed by atoms with van der Waals surface area (Å²) in [6, 6.07) is 8.34. The van der Waals surface area contributed by atoms with Crippen LogP contribution in [0.2, 0.25) is 10.3 Å². The van der Waals surface area contributed by atoms with Crippen molar-refractivity contribution in [1.82, 2.24) is 10.3 Å². The highest BCUT2D eigenvalue weighted by Crippen LogP contribution is 2.18. The molecule has 9 heteroatoms. The lowest BCUT2D eigenvalue weighted by Crippen LogP contribution is -2.28. The van der Waals surface area contributed by atoms with Gasteiger partial charge in [-0.05, 0) is 29.8 Å². The first-order valence-electron chi connectivity index (χ1n) is 6.34. The van der Waals surface area contributed by atoms with Crippen molar-refractivity contribution in [3.63, 3.8) is 0 Å². The van der Waals surface area contributed by atoms with Gasteiger partial charge in [-0.1, -0.05) is 35.3 Å². The lowest BCUT2D eigenvalue weighted by atomic mass is 10.2. The van der Waals surface area contributed by atoms with Crippen LogP contribution in [-0.4, -0.2) is 17.6 Å². The van der Waals surface area contributed by atoms with Crippen LogP contribution in [0.25, 0.3) is 0 Å². The Hall–Kier alpha value is -2.12. The quantitative estimate of drug-likeness (QED) is 0.779. The number of carbonyl (C=O) groups excluding carboxylic acids is 1. The van der Waals surface area contributed by atoms with E-state index in [2.05, 4.69) is 20.4 Å². The highest BCUT2D eigenvalue weighted by Gasteiger charge is 2.06. The largest absolute Gasteiger partial charge is 0.435 e. The number of carbonyl (C=O) groups is 1. The first-order chi connectivity index (χ1) is 10.9. The Morgan fingerprint density at radius 3 is 2.35 bits per heavy atom. The Labute approximate surface area is 140 Å². The summed E-state index contributed by atoms with van der Waals surface area (Å²) >= 11 is 11.4. The number of ether oxygens (including phenoxy) is 1. The van der Waals surface area contributed by atoms with E-state index in [9.17, 15) is 13.6 Å². The smallest absolute Gasteiger partial charge is 0.387 e. The zero-order valence-electron chi connectivity index (χ0n) is 11.5. The molecule has 0 atom stereocenters. The minimum absolute atomic E-state index is 0.0503. The van der Waals surface area contributed by atoms with Crippen molar-refractivity contribution < 1.29 is 18.3 Å². The summed E-state index contributed by atoms with van der Waals surface area (Å²) in [6.45, 7) is -2.67. The Balaban J connectivity index is 1.86. The molecule has 122 valence electrons. The van der Waals surface area contributed by atoms with Gasteiger partial charge in [0.2, 0.25) is 0 Å². The second-order valence-corrected chi connectivity index (χ2v) is 5.11. The van der Waals surface area contributed by atoms with Gasteiger partial charge < -0.3 is 15.4 Å². The topological polar surface area (TPSA) is 63.2 Å². The van der Waals surface area contributed by atoms with Gasteiger partial charge in [-0.25, -0.2) is 9.78 Å². The molecule has 0 aliphatic heterocycles. The van der Waals surface area contributed by atoms with Crippen molar-refractivity contribution in [3.05, 3.63) is 52.3 Å². The van der Waals surface area contributed by atoms with Gasteiger partial charge >= 0.3 is 12.6 Å². The number of anilines is 1. The first-order valence-corrected chi connectivity index (χ1v) is 7.09. The third-order valence-electron chi connectivity index (χ3n) is 2.62. The first kappa shape index (κ1) is 17.2. The molecule has 23 heavy (non-hydrogen) atoms. The molecule has 1 aromatic carbocycles. The summed E-state index contributed by atoms with van der Waals surface area (Å²) in [5, 5.41) is 5.46. The minimum Gasteiger partial charge on any atom is -0.435 e. The maximum Gasteiger partial charge on any atom is 0.387 e. The van der Waals surface area contributed by atoms with Crippen LogP contribution in [0.1, 0.15) is 5.56 Å². The molecule has 2 aromatic rings. The fourth-order valence-electron chi connectivity index (χ4n) is 1.68. The molecule has 2 N–H and O–H groups in total. The number of hydrogen-bond acceptors (Lipinski definition) is 3. The number of halogens is 4. The van der Waals surface area contributed by atoms with Gasteiger partial charge in [-0.2, -0.15) is 8.78 Å². The SMILES string of the molecule is O=C(NCc1ccc(OC(F)F)cc1)Nc1cc(Cl)nc(Cl)c1. The number of rotatable bonds is 5. The number of nitrogens with one attached hydrogen (secondary N) is 2. The van der Waals surface area contributed by atoms with Crippen LogP contribution in [0.3, 0.4) is 0 Å². The Bertz CT molecular complexity index is 664. The second kappa shape index (κ2) is 7.94. The fourth-order valence-corrected chi connectivity index (χ4v) is 2.14. The van der Waals surface area contributed by atoms with Crippen LogP contribution >= 0.6 is 23.2 Å². The van der Waals surface area contributed by atoms with Gasteiger partial charge in [0.15, 0.2) is 0 Å². The van der Waals surface area contributed by atoms with E-state index in [1.165, 1.54) is 24.3 Å². The summed E-state index contributed by atoms with van der Waals surface area (Å²) in [5.74, 6) is 0.0503. The number of amides is 2. The van der Waals surface area contributed by atoms with Crippen LogP contribution in [0, 0.1) is 0 Å². The van der Waals surface area contributed by atoms with Gasteiger partial charge in [0.1, 0.15) is 16.1 Å². The molecule has 0 spiro atoms. The van der Waals surface area contributed by atoms with Gasteiger partial charge in [-0.15, -0.1) is 0 Å². The zero-order valence-corrected chi connectivity index (χ0v) is 13.0. The van der Waals surface area contributed by atoms with Gasteiger partial charge in [0.25, 0.3) is 0 Å². The molecule has 2 amide bonds. The number of alkyl halides is 2. The third kappa shape index (κ3) is 5.88. The Morgan fingerprint density at radius 2 is 1.78 bits per heavy atom. The fraction of sp³-hybridized carbons (Fsp3) is 0.143. The van der Waals surface area contributed by atoms with Gasteiger partial charge in [0.05, 0.1) is 0 Å². The number of aromatic nitrogens is 1. The van der Waals surface area contributed by atoms with E-state index in [-0.39, 0.29) is 22.6 Å². The van der Waals surface area contributed by atoms with Gasteiger partial charge in [0, 0.05) is 12.2 Å². The predicted octanol–water partition coefficient (Wildman–Crippen LogP) is 4.31. The summed E-state index contributed by atoms with van der Waals surface area (Å²) in [5.41, 5.74) is 1.11. The van der Waals surface area contributed by atoms with Crippen LogP contribution < -0.4 is 15.4 Å². The summed E-state index contributed by atoms with van der Waals surface area (Å²) < 4.78 is 28.3. The summed E-state index contributed by atoms with van der Waals surface area (Å²) in [7, 11) is 0. The second-order valence-electron chi connectivity index (χ2n) is 4.33. The molecule has 0 fully saturated rings. The van der Waals surface area contributed by atoms with Crippen molar-refractivity contribution in [2.24, 2.45) is 0 Å². The van der Waals surface area contributed by atoms with E-state index in [4.69, 9.17) is 23.2 Å². The zero-order chi connectivity index (χ0) is 16.8. The molecule has 0 radical (unpaired) electrons.